The molecule has 2 amide bonds. The fraction of sp³-hybridized carbons (Fsp3) is 0.350. The number of benzene rings is 1. The summed E-state index contributed by atoms with van der Waals surface area (Å²) in [6.07, 6.45) is 7.20. The number of hydrogen-bond acceptors (Lipinski definition) is 3. The minimum Gasteiger partial charge on any atom is -0.351 e. The second-order valence-electron chi connectivity index (χ2n) is 6.95. The van der Waals surface area contributed by atoms with E-state index in [-0.39, 0.29) is 17.2 Å². The Morgan fingerprint density at radius 3 is 3.08 bits per heavy atom. The van der Waals surface area contributed by atoms with E-state index in [4.69, 9.17) is 0 Å². The molecular formula is C20H21N3O2. The Bertz CT molecular complexity index is 889. The number of likely N-dealkylation sites (tertiary alicyclic amines) is 1. The summed E-state index contributed by atoms with van der Waals surface area (Å²) in [6, 6.07) is 9.38. The maximum atomic E-state index is 12.6. The van der Waals surface area contributed by atoms with Crippen molar-refractivity contribution in [3.05, 3.63) is 53.9 Å². The van der Waals surface area contributed by atoms with Crippen LogP contribution in [0, 0.1) is 5.41 Å². The quantitative estimate of drug-likeness (QED) is 0.938. The predicted molar refractivity (Wildman–Crippen MR) is 95.8 cm³/mol. The number of carbonyl (C=O) groups excluding carboxylic acids is 2. The Balaban J connectivity index is 1.51. The van der Waals surface area contributed by atoms with Crippen LogP contribution < -0.4 is 5.32 Å². The smallest absolute Gasteiger partial charge is 0.251 e. The molecule has 0 radical (unpaired) electrons. The SMILES string of the molecule is CN1C(=O)CCC2(CNC(=O)c3ccc4ncccc4c3)CCC=C12. The van der Waals surface area contributed by atoms with Gasteiger partial charge >= 0.3 is 0 Å². The van der Waals surface area contributed by atoms with E-state index >= 15 is 0 Å². The second-order valence-corrected chi connectivity index (χ2v) is 6.95. The van der Waals surface area contributed by atoms with Gasteiger partial charge in [-0.15, -0.1) is 0 Å². The Kier molecular flexibility index (Phi) is 3.79. The van der Waals surface area contributed by atoms with Crippen molar-refractivity contribution in [3.63, 3.8) is 0 Å². The van der Waals surface area contributed by atoms with Gasteiger partial charge in [0.1, 0.15) is 0 Å². The van der Waals surface area contributed by atoms with Gasteiger partial charge in [-0.3, -0.25) is 14.6 Å². The highest BCUT2D eigenvalue weighted by atomic mass is 16.2. The van der Waals surface area contributed by atoms with Crippen LogP contribution in [0.25, 0.3) is 10.9 Å². The first-order valence-corrected chi connectivity index (χ1v) is 8.69. The molecule has 0 bridgehead atoms. The summed E-state index contributed by atoms with van der Waals surface area (Å²) < 4.78 is 0. The minimum absolute atomic E-state index is 0.0778. The average molecular weight is 335 g/mol. The van der Waals surface area contributed by atoms with Crippen molar-refractivity contribution in [3.8, 4) is 0 Å². The summed E-state index contributed by atoms with van der Waals surface area (Å²) in [4.78, 5) is 30.6. The molecule has 4 rings (SSSR count). The van der Waals surface area contributed by atoms with E-state index in [2.05, 4.69) is 16.4 Å². The number of nitrogens with zero attached hydrogens (tertiary/aromatic N) is 2. The van der Waals surface area contributed by atoms with Gasteiger partial charge in [-0.05, 0) is 43.5 Å². The molecule has 5 nitrogen and oxygen atoms in total. The molecular weight excluding hydrogens is 314 g/mol. The van der Waals surface area contributed by atoms with Crippen molar-refractivity contribution in [1.82, 2.24) is 15.2 Å². The van der Waals surface area contributed by atoms with E-state index in [1.807, 2.05) is 37.4 Å². The lowest BCUT2D eigenvalue weighted by molar-refractivity contribution is -0.131. The number of amides is 2. The number of rotatable bonds is 3. The molecule has 0 spiro atoms. The van der Waals surface area contributed by atoms with Gasteiger partial charge in [-0.2, -0.15) is 0 Å². The third kappa shape index (κ3) is 2.69. The first kappa shape index (κ1) is 15.8. The summed E-state index contributed by atoms with van der Waals surface area (Å²) in [5.74, 6) is 0.0862. The lowest BCUT2D eigenvalue weighted by Gasteiger charge is -2.41. The van der Waals surface area contributed by atoms with Gasteiger partial charge < -0.3 is 10.2 Å². The zero-order valence-electron chi connectivity index (χ0n) is 14.3. The van der Waals surface area contributed by atoms with Crippen molar-refractivity contribution in [2.24, 2.45) is 5.41 Å². The standard InChI is InChI=1S/C20H21N3O2/c1-23-17-5-2-9-20(17,10-8-18(23)24)13-22-19(25)15-6-7-16-14(12-15)4-3-11-21-16/h3-7,11-12H,2,8-10,13H2,1H3,(H,22,25). The number of pyridine rings is 1. The van der Waals surface area contributed by atoms with Crippen LogP contribution in [0.3, 0.4) is 0 Å². The van der Waals surface area contributed by atoms with E-state index in [0.717, 1.165) is 35.9 Å². The zero-order valence-corrected chi connectivity index (χ0v) is 14.3. The molecule has 1 aromatic heterocycles. The van der Waals surface area contributed by atoms with Crippen molar-refractivity contribution >= 4 is 22.7 Å². The molecule has 2 heterocycles. The number of piperidine rings is 1. The van der Waals surface area contributed by atoms with E-state index in [9.17, 15) is 9.59 Å². The summed E-state index contributed by atoms with van der Waals surface area (Å²) in [5, 5.41) is 4.05. The number of fused-ring (bicyclic) bond motifs is 2. The van der Waals surface area contributed by atoms with Gasteiger partial charge in [-0.25, -0.2) is 0 Å². The van der Waals surface area contributed by atoms with Gasteiger partial charge in [0, 0.05) is 48.3 Å². The highest BCUT2D eigenvalue weighted by Gasteiger charge is 2.44. The lowest BCUT2D eigenvalue weighted by Crippen LogP contribution is -2.46. The van der Waals surface area contributed by atoms with Crippen LogP contribution in [0.2, 0.25) is 0 Å². The molecule has 2 aromatic rings. The third-order valence-corrected chi connectivity index (χ3v) is 5.51. The number of hydrogen-bond donors (Lipinski definition) is 1. The first-order chi connectivity index (χ1) is 12.1. The van der Waals surface area contributed by atoms with Crippen LogP contribution in [-0.2, 0) is 4.79 Å². The van der Waals surface area contributed by atoms with Gasteiger partial charge in [0.2, 0.25) is 5.91 Å². The predicted octanol–water partition coefficient (Wildman–Crippen LogP) is 2.88. The lowest BCUT2D eigenvalue weighted by atomic mass is 9.77. The van der Waals surface area contributed by atoms with Crippen LogP contribution in [0.1, 0.15) is 36.0 Å². The molecule has 0 saturated carbocycles. The fourth-order valence-corrected chi connectivity index (χ4v) is 4.06. The van der Waals surface area contributed by atoms with Gasteiger partial charge in [0.05, 0.1) is 5.52 Å². The van der Waals surface area contributed by atoms with Crippen LogP contribution >= 0.6 is 0 Å². The molecule has 5 heteroatoms. The topological polar surface area (TPSA) is 62.3 Å². The molecule has 25 heavy (non-hydrogen) atoms. The molecule has 128 valence electrons. The number of nitrogens with one attached hydrogen (secondary N) is 1. The highest BCUT2D eigenvalue weighted by molar-refractivity contribution is 5.98. The van der Waals surface area contributed by atoms with Crippen LogP contribution in [0.15, 0.2) is 48.3 Å². The van der Waals surface area contributed by atoms with Crippen LogP contribution in [0.5, 0.6) is 0 Å². The summed E-state index contributed by atoms with van der Waals surface area (Å²) in [6.45, 7) is 0.570. The second kappa shape index (κ2) is 5.99. The van der Waals surface area contributed by atoms with Crippen LogP contribution in [-0.4, -0.2) is 35.3 Å². The maximum Gasteiger partial charge on any atom is 0.251 e. The molecule has 1 aromatic carbocycles. The maximum absolute atomic E-state index is 12.6. The number of allylic oxidation sites excluding steroid dienone is 1. The van der Waals surface area contributed by atoms with Gasteiger partial charge in [-0.1, -0.05) is 12.1 Å². The van der Waals surface area contributed by atoms with Crippen molar-refractivity contribution in [1.29, 1.82) is 0 Å². The Morgan fingerprint density at radius 2 is 2.20 bits per heavy atom. The van der Waals surface area contributed by atoms with Gasteiger partial charge in [0.25, 0.3) is 5.91 Å². The number of aromatic nitrogens is 1. The molecule has 1 N–H and O–H groups in total. The summed E-state index contributed by atoms with van der Waals surface area (Å²) in [5.41, 5.74) is 2.50. The minimum atomic E-state index is -0.100. The van der Waals surface area contributed by atoms with E-state index in [1.54, 1.807) is 11.1 Å². The van der Waals surface area contributed by atoms with E-state index < -0.39 is 0 Å². The zero-order chi connectivity index (χ0) is 17.4. The Morgan fingerprint density at radius 1 is 1.32 bits per heavy atom. The van der Waals surface area contributed by atoms with Crippen molar-refractivity contribution < 1.29 is 9.59 Å². The van der Waals surface area contributed by atoms with Crippen LogP contribution in [0.4, 0.5) is 0 Å². The fourth-order valence-electron chi connectivity index (χ4n) is 4.06. The molecule has 1 atom stereocenters. The van der Waals surface area contributed by atoms with E-state index in [1.165, 1.54) is 0 Å². The average Bonchev–Trinajstić information content (AvgIpc) is 3.07. The molecule has 1 saturated heterocycles. The van der Waals surface area contributed by atoms with Gasteiger partial charge in [0.15, 0.2) is 0 Å². The molecule has 1 unspecified atom stereocenters. The summed E-state index contributed by atoms with van der Waals surface area (Å²) in [7, 11) is 1.84. The largest absolute Gasteiger partial charge is 0.351 e. The molecule has 1 fully saturated rings. The Labute approximate surface area is 146 Å². The monoisotopic (exact) mass is 335 g/mol. The first-order valence-electron chi connectivity index (χ1n) is 8.69. The summed E-state index contributed by atoms with van der Waals surface area (Å²) >= 11 is 0. The van der Waals surface area contributed by atoms with Crippen molar-refractivity contribution in [2.75, 3.05) is 13.6 Å². The van der Waals surface area contributed by atoms with E-state index in [0.29, 0.717) is 18.5 Å². The molecule has 1 aliphatic heterocycles. The number of carbonyl (C=O) groups is 2. The van der Waals surface area contributed by atoms with Crippen molar-refractivity contribution in [2.45, 2.75) is 25.7 Å². The molecule has 2 aliphatic rings. The Hall–Kier alpha value is -2.69. The normalized spacial score (nSPS) is 22.7. The highest BCUT2D eigenvalue weighted by Crippen LogP contribution is 2.46. The molecule has 1 aliphatic carbocycles. The third-order valence-electron chi connectivity index (χ3n) is 5.51.